The van der Waals surface area contributed by atoms with Gasteiger partial charge >= 0.3 is 151 Å². The molecule has 3 heteroatoms. The molecule has 0 aliphatic rings. The van der Waals surface area contributed by atoms with Crippen LogP contribution < -0.4 is 15.9 Å². The van der Waals surface area contributed by atoms with Crippen LogP contribution in [0.15, 0.2) is 91.0 Å². The predicted octanol–water partition coefficient (Wildman–Crippen LogP) is 4.20. The molecule has 1 atom stereocenters. The number of aliphatic hydroxyl groups excluding tert-OH is 1. The van der Waals surface area contributed by atoms with E-state index < -0.39 is 10.1 Å². The molecule has 0 spiro atoms. The van der Waals surface area contributed by atoms with Crippen molar-refractivity contribution in [1.82, 2.24) is 0 Å². The summed E-state index contributed by atoms with van der Waals surface area (Å²) >= 11 is 2.58. The van der Waals surface area contributed by atoms with Crippen molar-refractivity contribution in [2.45, 2.75) is 12.8 Å². The van der Waals surface area contributed by atoms with Crippen LogP contribution in [0.2, 0.25) is 0 Å². The van der Waals surface area contributed by atoms with E-state index in [0.717, 1.165) is 0 Å². The molecule has 0 saturated heterocycles. The molecule has 3 aromatic rings. The summed E-state index contributed by atoms with van der Waals surface area (Å²) in [4.78, 5) is 0. The van der Waals surface area contributed by atoms with E-state index in [-0.39, 0.29) is 0 Å². The van der Waals surface area contributed by atoms with E-state index in [0.29, 0.717) is 0 Å². The van der Waals surface area contributed by atoms with E-state index in [1.54, 1.807) is 0 Å². The Morgan fingerprint density at radius 2 is 0.913 bits per heavy atom. The van der Waals surface area contributed by atoms with Crippen molar-refractivity contribution in [2.24, 2.45) is 0 Å². The number of benzene rings is 3. The van der Waals surface area contributed by atoms with Gasteiger partial charge < -0.3 is 0 Å². The first-order valence-electron chi connectivity index (χ1n) is 7.67. The van der Waals surface area contributed by atoms with Crippen molar-refractivity contribution in [2.75, 3.05) is 0 Å². The second-order valence-electron chi connectivity index (χ2n) is 5.71. The minimum atomic E-state index is -2.98. The van der Waals surface area contributed by atoms with Crippen LogP contribution in [0.25, 0.3) is 0 Å². The molecule has 3 rings (SSSR count). The Balaban J connectivity index is 2.47. The summed E-state index contributed by atoms with van der Waals surface area (Å²) in [5, 5.41) is 14.7. The van der Waals surface area contributed by atoms with Crippen molar-refractivity contribution in [1.29, 1.82) is 0 Å². The molecule has 0 amide bonds. The molecular weight excluding hydrogens is 414 g/mol. The standard InChI is InChI=1S/C20H20IOP/c1-17(22)23(21,18-11-5-2-6-12-18,19-13-7-3-8-14-19)20-15-9-4-10-16-20/h2-17,22H,1H3. The van der Waals surface area contributed by atoms with E-state index in [4.69, 9.17) is 0 Å². The fraction of sp³-hybridized carbons (Fsp3) is 0.100. The molecule has 0 aliphatic heterocycles. The molecule has 1 N–H and O–H groups in total. The molecule has 0 fully saturated rings. The summed E-state index contributed by atoms with van der Waals surface area (Å²) in [6.07, 6.45) is 0. The summed E-state index contributed by atoms with van der Waals surface area (Å²) in [5.74, 6) is -0.492. The molecule has 0 saturated carbocycles. The van der Waals surface area contributed by atoms with E-state index in [2.05, 4.69) is 94.8 Å². The van der Waals surface area contributed by atoms with Crippen molar-refractivity contribution in [3.63, 3.8) is 0 Å². The van der Waals surface area contributed by atoms with Crippen LogP contribution in [0.4, 0.5) is 0 Å². The van der Waals surface area contributed by atoms with Crippen molar-refractivity contribution in [3.05, 3.63) is 91.0 Å². The van der Waals surface area contributed by atoms with E-state index in [9.17, 15) is 5.11 Å². The fourth-order valence-electron chi connectivity index (χ4n) is 3.25. The van der Waals surface area contributed by atoms with Gasteiger partial charge in [0.15, 0.2) is 0 Å². The zero-order valence-corrected chi connectivity index (χ0v) is 16.1. The number of hydrogen-bond donors (Lipinski definition) is 1. The summed E-state index contributed by atoms with van der Waals surface area (Å²) < 4.78 is -2.98. The molecule has 0 bridgehead atoms. The van der Waals surface area contributed by atoms with Crippen LogP contribution >= 0.6 is 26.3 Å². The van der Waals surface area contributed by atoms with Crippen molar-refractivity contribution < 1.29 is 5.11 Å². The maximum absolute atomic E-state index is 11.1. The second-order valence-corrected chi connectivity index (χ2v) is 16.2. The van der Waals surface area contributed by atoms with E-state index in [1.807, 2.05) is 25.1 Å². The quantitative estimate of drug-likeness (QED) is 0.482. The number of rotatable bonds is 4. The Morgan fingerprint density at radius 1 is 0.652 bits per heavy atom. The van der Waals surface area contributed by atoms with Crippen LogP contribution in [-0.4, -0.2) is 11.0 Å². The van der Waals surface area contributed by atoms with Crippen molar-refractivity contribution >= 4 is 42.2 Å². The topological polar surface area (TPSA) is 20.2 Å². The maximum atomic E-state index is 11.1. The average molecular weight is 434 g/mol. The molecule has 23 heavy (non-hydrogen) atoms. The van der Waals surface area contributed by atoms with Crippen LogP contribution in [0.3, 0.4) is 0 Å². The van der Waals surface area contributed by atoms with Gasteiger partial charge in [-0.25, -0.2) is 0 Å². The van der Waals surface area contributed by atoms with Gasteiger partial charge in [-0.1, -0.05) is 0 Å². The first kappa shape index (κ1) is 16.6. The molecule has 0 aromatic heterocycles. The third kappa shape index (κ3) is 2.44. The minimum absolute atomic E-state index is 0.492. The number of hydrogen-bond acceptors (Lipinski definition) is 1. The van der Waals surface area contributed by atoms with Gasteiger partial charge in [0.1, 0.15) is 0 Å². The molecular formula is C20H20IOP. The first-order chi connectivity index (χ1) is 11.1. The Labute approximate surface area is 150 Å². The summed E-state index contributed by atoms with van der Waals surface area (Å²) in [5.41, 5.74) is 0. The van der Waals surface area contributed by atoms with Crippen LogP contribution in [0.5, 0.6) is 0 Å². The SMILES string of the molecule is CC(O)P(I)(c1ccccc1)(c1ccccc1)c1ccccc1. The van der Waals surface area contributed by atoms with Gasteiger partial charge in [-0.15, -0.1) is 0 Å². The van der Waals surface area contributed by atoms with Crippen LogP contribution in [0.1, 0.15) is 6.92 Å². The number of halogens is 1. The van der Waals surface area contributed by atoms with Gasteiger partial charge in [0.05, 0.1) is 0 Å². The Hall–Kier alpha value is -1.22. The Morgan fingerprint density at radius 3 is 1.13 bits per heavy atom. The van der Waals surface area contributed by atoms with Gasteiger partial charge in [0.2, 0.25) is 0 Å². The monoisotopic (exact) mass is 434 g/mol. The third-order valence-corrected chi connectivity index (χ3v) is 17.2. The summed E-state index contributed by atoms with van der Waals surface area (Å²) in [7, 11) is 0. The molecule has 1 nitrogen and oxygen atoms in total. The second kappa shape index (κ2) is 6.35. The van der Waals surface area contributed by atoms with E-state index >= 15 is 0 Å². The van der Waals surface area contributed by atoms with Crippen molar-refractivity contribution in [3.8, 4) is 0 Å². The van der Waals surface area contributed by atoms with Gasteiger partial charge in [0, 0.05) is 0 Å². The van der Waals surface area contributed by atoms with Crippen LogP contribution in [0, 0.1) is 0 Å². The molecule has 1 unspecified atom stereocenters. The van der Waals surface area contributed by atoms with Gasteiger partial charge in [-0.3, -0.25) is 0 Å². The van der Waals surface area contributed by atoms with Gasteiger partial charge in [-0.05, 0) is 0 Å². The van der Waals surface area contributed by atoms with Gasteiger partial charge in [-0.2, -0.15) is 0 Å². The summed E-state index contributed by atoms with van der Waals surface area (Å²) in [6.45, 7) is 1.93. The predicted molar refractivity (Wildman–Crippen MR) is 111 cm³/mol. The summed E-state index contributed by atoms with van der Waals surface area (Å²) in [6, 6.07) is 31.3. The van der Waals surface area contributed by atoms with Gasteiger partial charge in [0.25, 0.3) is 0 Å². The van der Waals surface area contributed by atoms with E-state index in [1.165, 1.54) is 15.9 Å². The first-order valence-corrected chi connectivity index (χ1v) is 12.8. The average Bonchev–Trinajstić information content (AvgIpc) is 2.63. The fourth-order valence-corrected chi connectivity index (χ4v) is 10.6. The molecule has 0 heterocycles. The number of aliphatic hydroxyl groups is 1. The Bertz CT molecular complexity index is 673. The third-order valence-electron chi connectivity index (χ3n) is 4.48. The zero-order chi connectivity index (χ0) is 16.4. The molecule has 0 aliphatic carbocycles. The normalized spacial score (nSPS) is 14.7. The molecule has 0 radical (unpaired) electrons. The molecule has 3 aromatic carbocycles. The molecule has 118 valence electrons. The van der Waals surface area contributed by atoms with Crippen LogP contribution in [-0.2, 0) is 0 Å². The Kier molecular flexibility index (Phi) is 4.59. The zero-order valence-electron chi connectivity index (χ0n) is 13.0.